The van der Waals surface area contributed by atoms with Crippen molar-refractivity contribution in [2.45, 2.75) is 37.9 Å². The van der Waals surface area contributed by atoms with E-state index in [2.05, 4.69) is 15.6 Å². The van der Waals surface area contributed by atoms with Crippen LogP contribution in [-0.4, -0.2) is 52.3 Å². The van der Waals surface area contributed by atoms with Gasteiger partial charge in [0.25, 0.3) is 0 Å². The summed E-state index contributed by atoms with van der Waals surface area (Å²) in [6.45, 7) is 1.91. The number of carbonyl (C=O) groups is 3. The van der Waals surface area contributed by atoms with Gasteiger partial charge in [-0.1, -0.05) is 18.2 Å². The first kappa shape index (κ1) is 15.7. The van der Waals surface area contributed by atoms with Gasteiger partial charge in [-0.05, 0) is 18.1 Å². The summed E-state index contributed by atoms with van der Waals surface area (Å²) in [5, 5.41) is 6.69. The van der Waals surface area contributed by atoms with E-state index in [9.17, 15) is 14.4 Å². The Morgan fingerprint density at radius 1 is 1.32 bits per heavy atom. The van der Waals surface area contributed by atoms with Crippen molar-refractivity contribution in [3.05, 3.63) is 36.0 Å². The van der Waals surface area contributed by atoms with Crippen LogP contribution in [0, 0.1) is 0 Å². The molecule has 0 spiro atoms. The molecule has 130 valence electrons. The van der Waals surface area contributed by atoms with Crippen LogP contribution >= 0.6 is 0 Å². The van der Waals surface area contributed by atoms with Crippen LogP contribution in [-0.2, 0) is 20.8 Å². The van der Waals surface area contributed by atoms with Crippen LogP contribution in [0.4, 0.5) is 0 Å². The van der Waals surface area contributed by atoms with Gasteiger partial charge in [0.2, 0.25) is 17.7 Å². The minimum absolute atomic E-state index is 0.0808. The van der Waals surface area contributed by atoms with E-state index in [-0.39, 0.29) is 23.8 Å². The molecule has 3 amide bonds. The first-order chi connectivity index (χ1) is 12.0. The van der Waals surface area contributed by atoms with Crippen molar-refractivity contribution in [2.75, 3.05) is 6.54 Å². The summed E-state index contributed by atoms with van der Waals surface area (Å²) in [7, 11) is 0. The maximum atomic E-state index is 12.8. The normalized spacial score (nSPS) is 25.8. The molecule has 3 N–H and O–H groups in total. The number of nitrogens with one attached hydrogen (secondary N) is 3. The van der Waals surface area contributed by atoms with Gasteiger partial charge in [-0.15, -0.1) is 0 Å². The third kappa shape index (κ3) is 2.65. The van der Waals surface area contributed by atoms with Crippen LogP contribution in [0.1, 0.15) is 18.9 Å². The second-order valence-electron chi connectivity index (χ2n) is 6.70. The minimum atomic E-state index is -0.601. The van der Waals surface area contributed by atoms with Crippen LogP contribution in [0.2, 0.25) is 0 Å². The summed E-state index contributed by atoms with van der Waals surface area (Å²) in [5.74, 6) is -0.462. The average Bonchev–Trinajstić information content (AvgIpc) is 3.17. The number of para-hydroxylation sites is 1. The number of aromatic nitrogens is 1. The highest BCUT2D eigenvalue weighted by Gasteiger charge is 2.48. The molecule has 3 heterocycles. The maximum Gasteiger partial charge on any atom is 0.246 e. The topological polar surface area (TPSA) is 94.3 Å². The molecule has 1 aromatic heterocycles. The van der Waals surface area contributed by atoms with Crippen molar-refractivity contribution in [1.82, 2.24) is 20.5 Å². The lowest BCUT2D eigenvalue weighted by Crippen LogP contribution is -2.65. The molecule has 0 radical (unpaired) electrons. The van der Waals surface area contributed by atoms with E-state index in [1.54, 1.807) is 4.90 Å². The molecule has 4 rings (SSSR count). The Morgan fingerprint density at radius 2 is 2.12 bits per heavy atom. The largest absolute Gasteiger partial charge is 0.361 e. The Hall–Kier alpha value is -2.83. The number of hydrogen-bond donors (Lipinski definition) is 3. The van der Waals surface area contributed by atoms with E-state index >= 15 is 0 Å². The summed E-state index contributed by atoms with van der Waals surface area (Å²) in [5.41, 5.74) is 2.02. The molecule has 0 unspecified atom stereocenters. The number of aromatic amines is 1. The van der Waals surface area contributed by atoms with Crippen LogP contribution in [0.15, 0.2) is 30.5 Å². The molecule has 2 aliphatic rings. The molecule has 2 aliphatic heterocycles. The van der Waals surface area contributed by atoms with E-state index in [0.717, 1.165) is 16.5 Å². The minimum Gasteiger partial charge on any atom is -0.361 e. The molecule has 2 saturated heterocycles. The Morgan fingerprint density at radius 3 is 2.92 bits per heavy atom. The fraction of sp³-hybridized carbons (Fsp3) is 0.389. The third-order valence-electron chi connectivity index (χ3n) is 5.05. The van der Waals surface area contributed by atoms with Crippen molar-refractivity contribution >= 4 is 28.6 Å². The first-order valence-electron chi connectivity index (χ1n) is 8.47. The standard InChI is InChI=1S/C18H20N4O3/c1-10(23)20-14-6-7-22-16(14)17(24)21-15(18(22)25)8-11-9-19-13-5-3-2-4-12(11)13/h2-5,9,14-16,19H,6-8H2,1H3,(H,20,23)(H,21,24)/t14-,15+,16-/m0/s1. The number of fused-ring (bicyclic) bond motifs is 2. The van der Waals surface area contributed by atoms with Crippen LogP contribution in [0.3, 0.4) is 0 Å². The van der Waals surface area contributed by atoms with E-state index in [1.807, 2.05) is 30.5 Å². The number of nitrogens with zero attached hydrogens (tertiary/aromatic N) is 1. The number of hydrogen-bond acceptors (Lipinski definition) is 3. The summed E-state index contributed by atoms with van der Waals surface area (Å²) in [6, 6.07) is 6.41. The van der Waals surface area contributed by atoms with Crippen molar-refractivity contribution in [3.8, 4) is 0 Å². The number of amides is 3. The van der Waals surface area contributed by atoms with E-state index in [4.69, 9.17) is 0 Å². The highest BCUT2D eigenvalue weighted by Crippen LogP contribution is 2.26. The maximum absolute atomic E-state index is 12.8. The lowest BCUT2D eigenvalue weighted by atomic mass is 9.99. The molecule has 2 aromatic rings. The quantitative estimate of drug-likeness (QED) is 0.751. The van der Waals surface area contributed by atoms with Gasteiger partial charge in [-0.3, -0.25) is 14.4 Å². The zero-order valence-corrected chi connectivity index (χ0v) is 13.9. The number of rotatable bonds is 3. The molecule has 7 heteroatoms. The number of benzene rings is 1. The Kier molecular flexibility index (Phi) is 3.71. The van der Waals surface area contributed by atoms with Gasteiger partial charge in [0.05, 0.1) is 6.04 Å². The first-order valence-corrected chi connectivity index (χ1v) is 8.47. The molecule has 2 fully saturated rings. The Labute approximate surface area is 144 Å². The number of carbonyl (C=O) groups excluding carboxylic acids is 3. The number of H-pyrrole nitrogens is 1. The predicted molar refractivity (Wildman–Crippen MR) is 91.7 cm³/mol. The van der Waals surface area contributed by atoms with E-state index in [0.29, 0.717) is 19.4 Å². The van der Waals surface area contributed by atoms with E-state index < -0.39 is 12.1 Å². The fourth-order valence-corrected chi connectivity index (χ4v) is 3.95. The lowest BCUT2D eigenvalue weighted by Gasteiger charge is -2.36. The number of piperazine rings is 1. The van der Waals surface area contributed by atoms with Gasteiger partial charge in [0, 0.05) is 37.0 Å². The molecule has 7 nitrogen and oxygen atoms in total. The van der Waals surface area contributed by atoms with Crippen LogP contribution in [0.5, 0.6) is 0 Å². The molecular weight excluding hydrogens is 320 g/mol. The highest BCUT2D eigenvalue weighted by atomic mass is 16.2. The van der Waals surface area contributed by atoms with Crippen molar-refractivity contribution in [2.24, 2.45) is 0 Å². The lowest BCUT2D eigenvalue weighted by molar-refractivity contribution is -0.147. The summed E-state index contributed by atoms with van der Waals surface area (Å²) < 4.78 is 0. The summed E-state index contributed by atoms with van der Waals surface area (Å²) >= 11 is 0. The smallest absolute Gasteiger partial charge is 0.246 e. The second kappa shape index (κ2) is 5.91. The van der Waals surface area contributed by atoms with E-state index in [1.165, 1.54) is 6.92 Å². The van der Waals surface area contributed by atoms with Gasteiger partial charge in [-0.2, -0.15) is 0 Å². The zero-order valence-electron chi connectivity index (χ0n) is 13.9. The molecular formula is C18H20N4O3. The van der Waals surface area contributed by atoms with Gasteiger partial charge in [-0.25, -0.2) is 0 Å². The van der Waals surface area contributed by atoms with Gasteiger partial charge < -0.3 is 20.5 Å². The second-order valence-corrected chi connectivity index (χ2v) is 6.70. The van der Waals surface area contributed by atoms with Crippen LogP contribution in [0.25, 0.3) is 10.9 Å². The van der Waals surface area contributed by atoms with Crippen molar-refractivity contribution in [1.29, 1.82) is 0 Å². The van der Waals surface area contributed by atoms with Crippen molar-refractivity contribution < 1.29 is 14.4 Å². The molecule has 0 saturated carbocycles. The monoisotopic (exact) mass is 340 g/mol. The van der Waals surface area contributed by atoms with Crippen LogP contribution < -0.4 is 10.6 Å². The SMILES string of the molecule is CC(=O)N[C@H]1CCN2C(=O)[C@@H](Cc3c[nH]c4ccccc34)NC(=O)[C@H]12. The average molecular weight is 340 g/mol. The fourth-order valence-electron chi connectivity index (χ4n) is 3.95. The highest BCUT2D eigenvalue weighted by molar-refractivity contribution is 5.99. The third-order valence-corrected chi connectivity index (χ3v) is 5.05. The molecule has 1 aromatic carbocycles. The predicted octanol–water partition coefficient (Wildman–Crippen LogP) is 0.314. The summed E-state index contributed by atoms with van der Waals surface area (Å²) in [6.07, 6.45) is 2.94. The Balaban J connectivity index is 1.55. The summed E-state index contributed by atoms with van der Waals surface area (Å²) in [4.78, 5) is 41.5. The molecule has 0 bridgehead atoms. The molecule has 0 aliphatic carbocycles. The van der Waals surface area contributed by atoms with Gasteiger partial charge in [0.1, 0.15) is 12.1 Å². The van der Waals surface area contributed by atoms with Gasteiger partial charge >= 0.3 is 0 Å². The zero-order chi connectivity index (χ0) is 17.6. The molecule has 3 atom stereocenters. The van der Waals surface area contributed by atoms with Gasteiger partial charge in [0.15, 0.2) is 0 Å². The van der Waals surface area contributed by atoms with Crippen molar-refractivity contribution in [3.63, 3.8) is 0 Å². The Bertz CT molecular complexity index is 859. The molecule has 25 heavy (non-hydrogen) atoms.